The highest BCUT2D eigenvalue weighted by molar-refractivity contribution is 5.13. The van der Waals surface area contributed by atoms with E-state index in [-0.39, 0.29) is 0 Å². The largest absolute Gasteiger partial charge is 0.337 e. The van der Waals surface area contributed by atoms with E-state index < -0.39 is 0 Å². The SMILES string of the molecule is CCCCn1ccnc1.CCc1ccccc1. The minimum absolute atomic E-state index is 1.11. The van der Waals surface area contributed by atoms with Crippen molar-refractivity contribution >= 4 is 0 Å². The second kappa shape index (κ2) is 8.57. The van der Waals surface area contributed by atoms with Gasteiger partial charge in [0.1, 0.15) is 0 Å². The van der Waals surface area contributed by atoms with Gasteiger partial charge in [-0.15, -0.1) is 0 Å². The van der Waals surface area contributed by atoms with Crippen molar-refractivity contribution in [3.05, 3.63) is 54.6 Å². The quantitative estimate of drug-likeness (QED) is 0.778. The van der Waals surface area contributed by atoms with Crippen molar-refractivity contribution in [3.8, 4) is 0 Å². The van der Waals surface area contributed by atoms with Crippen molar-refractivity contribution in [1.82, 2.24) is 9.55 Å². The predicted octanol–water partition coefficient (Wildman–Crippen LogP) is 3.93. The first-order valence-electron chi connectivity index (χ1n) is 6.36. The Labute approximate surface area is 104 Å². The van der Waals surface area contributed by atoms with Gasteiger partial charge in [0.2, 0.25) is 0 Å². The zero-order chi connectivity index (χ0) is 12.3. The minimum Gasteiger partial charge on any atom is -0.337 e. The normalized spacial score (nSPS) is 9.53. The van der Waals surface area contributed by atoms with Crippen molar-refractivity contribution in [3.63, 3.8) is 0 Å². The van der Waals surface area contributed by atoms with Crippen LogP contribution >= 0.6 is 0 Å². The number of imidazole rings is 1. The van der Waals surface area contributed by atoms with E-state index in [1.807, 2.05) is 24.8 Å². The molecule has 0 saturated heterocycles. The van der Waals surface area contributed by atoms with Gasteiger partial charge in [0.15, 0.2) is 0 Å². The molecule has 0 aliphatic carbocycles. The van der Waals surface area contributed by atoms with Crippen LogP contribution in [0.15, 0.2) is 49.1 Å². The van der Waals surface area contributed by atoms with Gasteiger partial charge in [0.25, 0.3) is 0 Å². The highest BCUT2D eigenvalue weighted by Crippen LogP contribution is 1.96. The molecule has 0 radical (unpaired) electrons. The van der Waals surface area contributed by atoms with Crippen molar-refractivity contribution in [2.75, 3.05) is 0 Å². The Balaban J connectivity index is 0.000000171. The van der Waals surface area contributed by atoms with Crippen LogP contribution in [-0.4, -0.2) is 9.55 Å². The molecule has 2 aromatic rings. The molecule has 0 aliphatic rings. The Morgan fingerprint density at radius 1 is 1.12 bits per heavy atom. The van der Waals surface area contributed by atoms with E-state index in [9.17, 15) is 0 Å². The molecule has 0 fully saturated rings. The monoisotopic (exact) mass is 230 g/mol. The van der Waals surface area contributed by atoms with Gasteiger partial charge in [-0.2, -0.15) is 0 Å². The third-order valence-electron chi connectivity index (χ3n) is 2.58. The maximum atomic E-state index is 3.94. The number of benzene rings is 1. The van der Waals surface area contributed by atoms with Gasteiger partial charge in [0.05, 0.1) is 6.33 Å². The number of hydrogen-bond donors (Lipinski definition) is 0. The minimum atomic E-state index is 1.11. The summed E-state index contributed by atoms with van der Waals surface area (Å²) in [6.45, 7) is 5.46. The fourth-order valence-electron chi connectivity index (χ4n) is 1.47. The maximum absolute atomic E-state index is 3.94. The molecule has 1 aromatic heterocycles. The first-order chi connectivity index (χ1) is 8.36. The van der Waals surface area contributed by atoms with E-state index in [0.717, 1.165) is 13.0 Å². The van der Waals surface area contributed by atoms with Crippen LogP contribution in [-0.2, 0) is 13.0 Å². The highest BCUT2D eigenvalue weighted by atomic mass is 15.0. The summed E-state index contributed by atoms with van der Waals surface area (Å²) in [6, 6.07) is 10.5. The summed E-state index contributed by atoms with van der Waals surface area (Å²) in [6.07, 6.45) is 9.30. The lowest BCUT2D eigenvalue weighted by molar-refractivity contribution is 0.631. The van der Waals surface area contributed by atoms with Crippen molar-refractivity contribution in [1.29, 1.82) is 0 Å². The summed E-state index contributed by atoms with van der Waals surface area (Å²) in [5, 5.41) is 0. The molecule has 17 heavy (non-hydrogen) atoms. The Morgan fingerprint density at radius 3 is 2.35 bits per heavy atom. The van der Waals surface area contributed by atoms with Gasteiger partial charge in [-0.3, -0.25) is 0 Å². The standard InChI is InChI=1S/C8H10.C7H12N2/c1-2-8-6-4-3-5-7-8;1-2-3-5-9-6-4-8-7-9/h3-7H,2H2,1H3;4,6-7H,2-3,5H2,1H3. The van der Waals surface area contributed by atoms with E-state index in [4.69, 9.17) is 0 Å². The molecule has 1 heterocycles. The van der Waals surface area contributed by atoms with Crippen LogP contribution in [0.5, 0.6) is 0 Å². The first-order valence-corrected chi connectivity index (χ1v) is 6.36. The predicted molar refractivity (Wildman–Crippen MR) is 73.0 cm³/mol. The molecule has 0 N–H and O–H groups in total. The fourth-order valence-corrected chi connectivity index (χ4v) is 1.47. The van der Waals surface area contributed by atoms with Crippen LogP contribution in [0.2, 0.25) is 0 Å². The number of nitrogens with zero attached hydrogens (tertiary/aromatic N) is 2. The summed E-state index contributed by atoms with van der Waals surface area (Å²) in [5.74, 6) is 0. The molecule has 0 bridgehead atoms. The molecule has 0 amide bonds. The molecule has 0 spiro atoms. The number of aryl methyl sites for hydroxylation is 2. The average molecular weight is 230 g/mol. The smallest absolute Gasteiger partial charge is 0.0945 e. The first kappa shape index (κ1) is 13.5. The summed E-state index contributed by atoms with van der Waals surface area (Å²) >= 11 is 0. The third kappa shape index (κ3) is 5.91. The lowest BCUT2D eigenvalue weighted by Gasteiger charge is -1.96. The second-order valence-corrected chi connectivity index (χ2v) is 3.99. The zero-order valence-corrected chi connectivity index (χ0v) is 10.8. The van der Waals surface area contributed by atoms with E-state index in [2.05, 4.69) is 47.7 Å². The van der Waals surface area contributed by atoms with Gasteiger partial charge in [0, 0.05) is 18.9 Å². The van der Waals surface area contributed by atoms with Gasteiger partial charge >= 0.3 is 0 Å². The molecule has 0 atom stereocenters. The number of aromatic nitrogens is 2. The summed E-state index contributed by atoms with van der Waals surface area (Å²) in [5.41, 5.74) is 1.41. The molecule has 0 unspecified atom stereocenters. The average Bonchev–Trinajstić information content (AvgIpc) is 2.91. The summed E-state index contributed by atoms with van der Waals surface area (Å²) < 4.78 is 2.10. The van der Waals surface area contributed by atoms with Crippen molar-refractivity contribution < 1.29 is 0 Å². The Kier molecular flexibility index (Phi) is 6.80. The second-order valence-electron chi connectivity index (χ2n) is 3.99. The van der Waals surface area contributed by atoms with Gasteiger partial charge in [-0.05, 0) is 18.4 Å². The Morgan fingerprint density at radius 2 is 1.88 bits per heavy atom. The molecular weight excluding hydrogens is 208 g/mol. The fraction of sp³-hybridized carbons (Fsp3) is 0.400. The molecule has 2 rings (SSSR count). The molecule has 0 aliphatic heterocycles. The van der Waals surface area contributed by atoms with Crippen LogP contribution in [0.25, 0.3) is 0 Å². The molecule has 1 aromatic carbocycles. The van der Waals surface area contributed by atoms with Crippen molar-refractivity contribution in [2.45, 2.75) is 39.7 Å². The lowest BCUT2D eigenvalue weighted by Crippen LogP contribution is -1.92. The third-order valence-corrected chi connectivity index (χ3v) is 2.58. The number of unbranched alkanes of at least 4 members (excludes halogenated alkanes) is 1. The van der Waals surface area contributed by atoms with E-state index in [1.165, 1.54) is 18.4 Å². The molecule has 92 valence electrons. The lowest BCUT2D eigenvalue weighted by atomic mass is 10.2. The zero-order valence-electron chi connectivity index (χ0n) is 10.8. The van der Waals surface area contributed by atoms with E-state index in [1.54, 1.807) is 0 Å². The molecule has 2 nitrogen and oxygen atoms in total. The molecule has 2 heteroatoms. The molecular formula is C15H22N2. The van der Waals surface area contributed by atoms with Crippen LogP contribution in [0, 0.1) is 0 Å². The summed E-state index contributed by atoms with van der Waals surface area (Å²) in [4.78, 5) is 3.94. The maximum Gasteiger partial charge on any atom is 0.0945 e. The van der Waals surface area contributed by atoms with E-state index >= 15 is 0 Å². The van der Waals surface area contributed by atoms with Crippen molar-refractivity contribution in [2.24, 2.45) is 0 Å². The highest BCUT2D eigenvalue weighted by Gasteiger charge is 1.85. The summed E-state index contributed by atoms with van der Waals surface area (Å²) in [7, 11) is 0. The van der Waals surface area contributed by atoms with E-state index in [0.29, 0.717) is 0 Å². The van der Waals surface area contributed by atoms with Crippen LogP contribution in [0.1, 0.15) is 32.3 Å². The number of hydrogen-bond acceptors (Lipinski definition) is 1. The van der Waals surface area contributed by atoms with Crippen LogP contribution in [0.4, 0.5) is 0 Å². The Bertz CT molecular complexity index is 365. The molecule has 0 saturated carbocycles. The van der Waals surface area contributed by atoms with Gasteiger partial charge < -0.3 is 4.57 Å². The number of rotatable bonds is 4. The topological polar surface area (TPSA) is 17.8 Å². The van der Waals surface area contributed by atoms with Crippen LogP contribution < -0.4 is 0 Å². The Hall–Kier alpha value is -1.57. The van der Waals surface area contributed by atoms with Gasteiger partial charge in [-0.25, -0.2) is 4.98 Å². The van der Waals surface area contributed by atoms with Gasteiger partial charge in [-0.1, -0.05) is 50.6 Å². The van der Waals surface area contributed by atoms with Crippen LogP contribution in [0.3, 0.4) is 0 Å².